The molecule has 3 heteroatoms. The highest BCUT2D eigenvalue weighted by Crippen LogP contribution is 2.04. The van der Waals surface area contributed by atoms with Crippen LogP contribution in [0.25, 0.3) is 0 Å². The number of rotatable bonds is 6. The summed E-state index contributed by atoms with van der Waals surface area (Å²) in [6.45, 7) is 11.6. The SMILES string of the molecule is CC.CCCCCn1cc(CC(C)C)nn1. The fraction of sp³-hybridized carbons (Fsp3) is 0.846. The molecule has 0 atom stereocenters. The summed E-state index contributed by atoms with van der Waals surface area (Å²) in [6, 6.07) is 0. The van der Waals surface area contributed by atoms with Crippen molar-refractivity contribution in [3.8, 4) is 0 Å². The van der Waals surface area contributed by atoms with Crippen LogP contribution in [-0.2, 0) is 13.0 Å². The second-order valence-corrected chi connectivity index (χ2v) is 4.28. The van der Waals surface area contributed by atoms with Gasteiger partial charge in [0.25, 0.3) is 0 Å². The van der Waals surface area contributed by atoms with E-state index < -0.39 is 0 Å². The quantitative estimate of drug-likeness (QED) is 0.691. The second kappa shape index (κ2) is 9.37. The van der Waals surface area contributed by atoms with Gasteiger partial charge in [0, 0.05) is 12.7 Å². The fourth-order valence-electron chi connectivity index (χ4n) is 1.48. The second-order valence-electron chi connectivity index (χ2n) is 4.28. The molecule has 0 saturated heterocycles. The van der Waals surface area contributed by atoms with Crippen molar-refractivity contribution in [3.05, 3.63) is 11.9 Å². The molecule has 0 fully saturated rings. The van der Waals surface area contributed by atoms with Crippen LogP contribution in [0, 0.1) is 5.92 Å². The van der Waals surface area contributed by atoms with Gasteiger partial charge in [0.1, 0.15) is 0 Å². The first kappa shape index (κ1) is 15.1. The summed E-state index contributed by atoms with van der Waals surface area (Å²) in [6.07, 6.45) is 6.86. The normalized spacial score (nSPS) is 10.1. The Kier molecular flexibility index (Phi) is 8.87. The predicted molar refractivity (Wildman–Crippen MR) is 69.4 cm³/mol. The van der Waals surface area contributed by atoms with Gasteiger partial charge in [-0.1, -0.05) is 52.7 Å². The molecule has 0 unspecified atom stereocenters. The molecule has 0 bridgehead atoms. The Labute approximate surface area is 100 Å². The third-order valence-electron chi connectivity index (χ3n) is 2.19. The number of hydrogen-bond acceptors (Lipinski definition) is 2. The summed E-state index contributed by atoms with van der Waals surface area (Å²) < 4.78 is 1.97. The van der Waals surface area contributed by atoms with Crippen molar-refractivity contribution in [2.75, 3.05) is 0 Å². The van der Waals surface area contributed by atoms with E-state index in [0.717, 1.165) is 18.7 Å². The molecule has 16 heavy (non-hydrogen) atoms. The van der Waals surface area contributed by atoms with Crippen molar-refractivity contribution in [2.24, 2.45) is 5.92 Å². The van der Waals surface area contributed by atoms with Crippen molar-refractivity contribution >= 4 is 0 Å². The van der Waals surface area contributed by atoms with Crippen LogP contribution in [0.1, 0.15) is 59.6 Å². The third kappa shape index (κ3) is 6.59. The topological polar surface area (TPSA) is 30.7 Å². The minimum absolute atomic E-state index is 0.663. The van der Waals surface area contributed by atoms with E-state index in [1.807, 2.05) is 18.5 Å². The highest BCUT2D eigenvalue weighted by molar-refractivity contribution is 4.92. The van der Waals surface area contributed by atoms with Crippen LogP contribution < -0.4 is 0 Å². The molecule has 1 aromatic rings. The van der Waals surface area contributed by atoms with Crippen LogP contribution in [-0.4, -0.2) is 15.0 Å². The summed E-state index contributed by atoms with van der Waals surface area (Å²) >= 11 is 0. The minimum Gasteiger partial charge on any atom is -0.252 e. The van der Waals surface area contributed by atoms with E-state index >= 15 is 0 Å². The zero-order valence-electron chi connectivity index (χ0n) is 11.5. The van der Waals surface area contributed by atoms with Gasteiger partial charge in [-0.15, -0.1) is 5.10 Å². The average Bonchev–Trinajstić information content (AvgIpc) is 2.68. The van der Waals surface area contributed by atoms with E-state index in [2.05, 4.69) is 37.3 Å². The van der Waals surface area contributed by atoms with E-state index in [1.54, 1.807) is 0 Å². The molecule has 94 valence electrons. The monoisotopic (exact) mass is 225 g/mol. The summed E-state index contributed by atoms with van der Waals surface area (Å²) in [5.41, 5.74) is 1.12. The fourth-order valence-corrected chi connectivity index (χ4v) is 1.48. The lowest BCUT2D eigenvalue weighted by molar-refractivity contribution is 0.537. The van der Waals surface area contributed by atoms with Gasteiger partial charge in [0.05, 0.1) is 5.69 Å². The van der Waals surface area contributed by atoms with Crippen molar-refractivity contribution in [1.29, 1.82) is 0 Å². The first-order valence-corrected chi connectivity index (χ1v) is 6.61. The Morgan fingerprint density at radius 3 is 2.50 bits per heavy atom. The number of hydrogen-bond donors (Lipinski definition) is 0. The van der Waals surface area contributed by atoms with Gasteiger partial charge in [-0.25, -0.2) is 0 Å². The summed E-state index contributed by atoms with van der Waals surface area (Å²) in [4.78, 5) is 0. The molecule has 1 rings (SSSR count). The Balaban J connectivity index is 0.00000106. The maximum atomic E-state index is 4.15. The predicted octanol–water partition coefficient (Wildman–Crippen LogP) is 3.69. The van der Waals surface area contributed by atoms with Crippen LogP contribution in [0.3, 0.4) is 0 Å². The maximum Gasteiger partial charge on any atom is 0.0829 e. The van der Waals surface area contributed by atoms with Crippen LogP contribution in [0.15, 0.2) is 6.20 Å². The third-order valence-corrected chi connectivity index (χ3v) is 2.19. The summed E-state index contributed by atoms with van der Waals surface area (Å²) in [5.74, 6) is 0.663. The first-order valence-electron chi connectivity index (χ1n) is 6.61. The largest absolute Gasteiger partial charge is 0.252 e. The lowest BCUT2D eigenvalue weighted by Crippen LogP contribution is -1.98. The van der Waals surface area contributed by atoms with Gasteiger partial charge in [-0.2, -0.15) is 0 Å². The number of aromatic nitrogens is 3. The van der Waals surface area contributed by atoms with Gasteiger partial charge >= 0.3 is 0 Å². The maximum absolute atomic E-state index is 4.15. The Hall–Kier alpha value is -0.860. The number of nitrogens with zero attached hydrogens (tertiary/aromatic N) is 3. The van der Waals surface area contributed by atoms with Crippen molar-refractivity contribution in [2.45, 2.75) is 66.8 Å². The Morgan fingerprint density at radius 2 is 1.94 bits per heavy atom. The molecule has 0 aliphatic rings. The first-order chi connectivity index (χ1) is 7.72. The number of aryl methyl sites for hydroxylation is 1. The molecular formula is C13H27N3. The molecule has 0 spiro atoms. The van der Waals surface area contributed by atoms with E-state index in [4.69, 9.17) is 0 Å². The smallest absolute Gasteiger partial charge is 0.0829 e. The molecule has 1 aromatic heterocycles. The van der Waals surface area contributed by atoms with Crippen molar-refractivity contribution in [1.82, 2.24) is 15.0 Å². The van der Waals surface area contributed by atoms with Gasteiger partial charge < -0.3 is 0 Å². The molecular weight excluding hydrogens is 198 g/mol. The molecule has 0 aliphatic heterocycles. The van der Waals surface area contributed by atoms with Crippen LogP contribution in [0.4, 0.5) is 0 Å². The van der Waals surface area contributed by atoms with Gasteiger partial charge in [0.15, 0.2) is 0 Å². The minimum atomic E-state index is 0.663. The van der Waals surface area contributed by atoms with Gasteiger partial charge in [-0.05, 0) is 18.8 Å². The van der Waals surface area contributed by atoms with Crippen LogP contribution in [0.5, 0.6) is 0 Å². The molecule has 1 heterocycles. The van der Waals surface area contributed by atoms with E-state index in [1.165, 1.54) is 19.3 Å². The van der Waals surface area contributed by atoms with Crippen LogP contribution in [0.2, 0.25) is 0 Å². The van der Waals surface area contributed by atoms with Crippen molar-refractivity contribution < 1.29 is 0 Å². The summed E-state index contributed by atoms with van der Waals surface area (Å²) in [7, 11) is 0. The molecule has 3 nitrogen and oxygen atoms in total. The molecule has 0 amide bonds. The Bertz CT molecular complexity index is 253. The molecule has 0 radical (unpaired) electrons. The van der Waals surface area contributed by atoms with E-state index in [-0.39, 0.29) is 0 Å². The average molecular weight is 225 g/mol. The summed E-state index contributed by atoms with van der Waals surface area (Å²) in [5, 5.41) is 8.26. The molecule has 0 aromatic carbocycles. The van der Waals surface area contributed by atoms with E-state index in [9.17, 15) is 0 Å². The van der Waals surface area contributed by atoms with Crippen molar-refractivity contribution in [3.63, 3.8) is 0 Å². The zero-order chi connectivity index (χ0) is 12.4. The molecule has 0 saturated carbocycles. The lowest BCUT2D eigenvalue weighted by Gasteiger charge is -1.99. The lowest BCUT2D eigenvalue weighted by atomic mass is 10.1. The van der Waals surface area contributed by atoms with Crippen LogP contribution >= 0.6 is 0 Å². The van der Waals surface area contributed by atoms with Gasteiger partial charge in [-0.3, -0.25) is 4.68 Å². The zero-order valence-corrected chi connectivity index (χ0v) is 11.5. The highest BCUT2D eigenvalue weighted by atomic mass is 15.4. The molecule has 0 aliphatic carbocycles. The highest BCUT2D eigenvalue weighted by Gasteiger charge is 2.02. The van der Waals surface area contributed by atoms with Gasteiger partial charge in [0.2, 0.25) is 0 Å². The van der Waals surface area contributed by atoms with E-state index in [0.29, 0.717) is 5.92 Å². The Morgan fingerprint density at radius 1 is 1.25 bits per heavy atom. The standard InChI is InChI=1S/C11H21N3.C2H6/c1-4-5-6-7-14-9-11(12-13-14)8-10(2)3;1-2/h9-10H,4-8H2,1-3H3;1-2H3. The number of unbranched alkanes of at least 4 members (excludes halogenated alkanes) is 2. The molecule has 0 N–H and O–H groups in total.